The minimum absolute atomic E-state index is 0.0797. The molecule has 2 aliphatic rings. The number of carbonyl (C=O) groups excluding carboxylic acids is 3. The van der Waals surface area contributed by atoms with E-state index in [-0.39, 0.29) is 48.8 Å². The third-order valence-corrected chi connectivity index (χ3v) is 7.38. The van der Waals surface area contributed by atoms with Crippen LogP contribution in [0.15, 0.2) is 29.1 Å². The van der Waals surface area contributed by atoms with Gasteiger partial charge in [0.15, 0.2) is 12.3 Å². The molecule has 1 amide bonds. The van der Waals surface area contributed by atoms with Gasteiger partial charge in [0.25, 0.3) is 5.56 Å². The normalized spacial score (nSPS) is 17.4. The number of nitrogens with zero attached hydrogens (tertiary/aromatic N) is 2. The summed E-state index contributed by atoms with van der Waals surface area (Å²) < 4.78 is 11.8. The standard InChI is InChI=1S/C28H29N3O7/c1-4-16-6-7-17(8-9-23(33)38-14-29-15(3)32)19-10-18-12-31-22(25(18)30-24(16)19)11-21-20(26(31)34)13-37-27(35)28(21,36)5-2/h6-7,10-11,36H,4-5,8-9,12-14H2,1-3H3,(H,29,32)/t28-/m0/s1. The number of hydrogen-bond acceptors (Lipinski definition) is 8. The molecule has 3 aromatic rings. The number of carbonyl (C=O) groups is 3. The Morgan fingerprint density at radius 3 is 2.68 bits per heavy atom. The zero-order chi connectivity index (χ0) is 27.2. The molecule has 0 saturated carbocycles. The first-order chi connectivity index (χ1) is 18.2. The number of aromatic nitrogens is 2. The third-order valence-electron chi connectivity index (χ3n) is 7.38. The van der Waals surface area contributed by atoms with E-state index < -0.39 is 17.5 Å². The minimum atomic E-state index is -1.88. The maximum absolute atomic E-state index is 13.4. The average Bonchev–Trinajstić information content (AvgIpc) is 3.26. The topological polar surface area (TPSA) is 137 Å². The number of benzene rings is 1. The van der Waals surface area contributed by atoms with E-state index in [4.69, 9.17) is 14.5 Å². The molecule has 2 aromatic heterocycles. The lowest BCUT2D eigenvalue weighted by Crippen LogP contribution is -2.44. The Morgan fingerprint density at radius 2 is 1.97 bits per heavy atom. The van der Waals surface area contributed by atoms with Crippen LogP contribution in [0.5, 0.6) is 0 Å². The van der Waals surface area contributed by atoms with E-state index in [0.29, 0.717) is 24.4 Å². The average molecular weight is 520 g/mol. The van der Waals surface area contributed by atoms with Gasteiger partial charge in [-0.05, 0) is 42.5 Å². The van der Waals surface area contributed by atoms with Gasteiger partial charge in [-0.25, -0.2) is 9.78 Å². The van der Waals surface area contributed by atoms with E-state index in [1.165, 1.54) is 6.92 Å². The molecular weight excluding hydrogens is 490 g/mol. The predicted octanol–water partition coefficient (Wildman–Crippen LogP) is 2.21. The molecule has 10 heteroatoms. The first-order valence-corrected chi connectivity index (χ1v) is 12.7. The van der Waals surface area contributed by atoms with Crippen LogP contribution in [0.3, 0.4) is 0 Å². The molecule has 0 bridgehead atoms. The Labute approximate surface area is 218 Å². The van der Waals surface area contributed by atoms with Crippen molar-refractivity contribution in [3.63, 3.8) is 0 Å². The van der Waals surface area contributed by atoms with E-state index in [9.17, 15) is 24.3 Å². The fraction of sp³-hybridized carbons (Fsp3) is 0.393. The Morgan fingerprint density at radius 1 is 1.21 bits per heavy atom. The predicted molar refractivity (Wildman–Crippen MR) is 137 cm³/mol. The van der Waals surface area contributed by atoms with Crippen molar-refractivity contribution < 1.29 is 29.0 Å². The first-order valence-electron chi connectivity index (χ1n) is 12.7. The number of nitrogens with one attached hydrogen (secondary N) is 1. The molecule has 0 fully saturated rings. The highest BCUT2D eigenvalue weighted by molar-refractivity contribution is 5.90. The number of aliphatic hydroxyl groups is 1. The summed E-state index contributed by atoms with van der Waals surface area (Å²) in [5.74, 6) is -1.46. The third kappa shape index (κ3) is 4.14. The smallest absolute Gasteiger partial charge is 0.343 e. The number of aryl methyl sites for hydroxylation is 2. The van der Waals surface area contributed by atoms with Crippen molar-refractivity contribution in [2.45, 2.75) is 65.2 Å². The van der Waals surface area contributed by atoms with E-state index in [1.54, 1.807) is 17.6 Å². The molecule has 10 nitrogen and oxygen atoms in total. The Kier molecular flexibility index (Phi) is 6.52. The van der Waals surface area contributed by atoms with Gasteiger partial charge < -0.3 is 24.5 Å². The molecule has 0 unspecified atom stereocenters. The van der Waals surface area contributed by atoms with Gasteiger partial charge in [0, 0.05) is 29.9 Å². The van der Waals surface area contributed by atoms with E-state index in [0.717, 1.165) is 34.0 Å². The van der Waals surface area contributed by atoms with E-state index in [2.05, 4.69) is 5.32 Å². The maximum Gasteiger partial charge on any atom is 0.343 e. The van der Waals surface area contributed by atoms with Crippen molar-refractivity contribution in [2.24, 2.45) is 0 Å². The van der Waals surface area contributed by atoms with Gasteiger partial charge in [0.1, 0.15) is 6.61 Å². The van der Waals surface area contributed by atoms with Gasteiger partial charge in [-0.3, -0.25) is 14.4 Å². The molecule has 2 aliphatic heterocycles. The van der Waals surface area contributed by atoms with Crippen LogP contribution < -0.4 is 10.9 Å². The van der Waals surface area contributed by atoms with Gasteiger partial charge in [-0.1, -0.05) is 26.0 Å². The molecular formula is C28H29N3O7. The number of pyridine rings is 2. The molecule has 1 aromatic carbocycles. The molecule has 4 heterocycles. The van der Waals surface area contributed by atoms with Crippen LogP contribution in [-0.2, 0) is 55.5 Å². The van der Waals surface area contributed by atoms with Crippen molar-refractivity contribution in [3.05, 3.63) is 62.4 Å². The fourth-order valence-corrected chi connectivity index (χ4v) is 5.21. The molecule has 0 radical (unpaired) electrons. The van der Waals surface area contributed by atoms with Crippen LogP contribution in [0.25, 0.3) is 22.3 Å². The monoisotopic (exact) mass is 519 g/mol. The molecule has 1 atom stereocenters. The molecule has 5 rings (SSSR count). The maximum atomic E-state index is 13.4. The number of esters is 2. The molecule has 0 spiro atoms. The minimum Gasteiger partial charge on any atom is -0.458 e. The second-order valence-corrected chi connectivity index (χ2v) is 9.63. The number of amides is 1. The molecule has 198 valence electrons. The lowest BCUT2D eigenvalue weighted by Gasteiger charge is -2.31. The lowest BCUT2D eigenvalue weighted by atomic mass is 9.86. The molecule has 0 aliphatic carbocycles. The Hall–Kier alpha value is -4.05. The van der Waals surface area contributed by atoms with Crippen molar-refractivity contribution in [2.75, 3.05) is 6.73 Å². The van der Waals surface area contributed by atoms with Gasteiger partial charge in [-0.2, -0.15) is 0 Å². The molecule has 2 N–H and O–H groups in total. The van der Waals surface area contributed by atoms with Crippen molar-refractivity contribution >= 4 is 28.7 Å². The Bertz CT molecular complexity index is 1560. The summed E-state index contributed by atoms with van der Waals surface area (Å²) in [6, 6.07) is 7.67. The highest BCUT2D eigenvalue weighted by Gasteiger charge is 2.45. The highest BCUT2D eigenvalue weighted by Crippen LogP contribution is 2.39. The van der Waals surface area contributed by atoms with E-state index >= 15 is 0 Å². The van der Waals surface area contributed by atoms with Gasteiger partial charge >= 0.3 is 11.9 Å². The summed E-state index contributed by atoms with van der Waals surface area (Å²) in [4.78, 5) is 54.0. The number of rotatable bonds is 7. The summed E-state index contributed by atoms with van der Waals surface area (Å²) in [5, 5.41) is 14.4. The lowest BCUT2D eigenvalue weighted by molar-refractivity contribution is -0.172. The number of fused-ring (bicyclic) bond motifs is 5. The van der Waals surface area contributed by atoms with Gasteiger partial charge in [0.05, 0.1) is 29.0 Å². The van der Waals surface area contributed by atoms with E-state index in [1.807, 2.05) is 25.1 Å². The SMILES string of the molecule is CCc1ccc(CCC(=O)OCNC(C)=O)c2cc3c(nc12)-c1cc2c(c(=O)n1C3)COC(=O)[C@]2(O)CC. The summed E-state index contributed by atoms with van der Waals surface area (Å²) in [5.41, 5.74) is 3.13. The van der Waals surface area contributed by atoms with Crippen LogP contribution in [0.4, 0.5) is 0 Å². The second-order valence-electron chi connectivity index (χ2n) is 9.63. The Balaban J connectivity index is 1.55. The number of cyclic esters (lactones) is 1. The van der Waals surface area contributed by atoms with Crippen LogP contribution in [0.1, 0.15) is 61.4 Å². The zero-order valence-electron chi connectivity index (χ0n) is 21.6. The fourth-order valence-electron chi connectivity index (χ4n) is 5.21. The first kappa shape index (κ1) is 25.6. The van der Waals surface area contributed by atoms with Gasteiger partial charge in [-0.15, -0.1) is 0 Å². The van der Waals surface area contributed by atoms with Crippen LogP contribution in [0.2, 0.25) is 0 Å². The largest absolute Gasteiger partial charge is 0.458 e. The van der Waals surface area contributed by atoms with Crippen LogP contribution >= 0.6 is 0 Å². The van der Waals surface area contributed by atoms with Gasteiger partial charge in [0.2, 0.25) is 5.91 Å². The quantitative estimate of drug-likeness (QED) is 0.280. The molecule has 0 saturated heterocycles. The highest BCUT2D eigenvalue weighted by atomic mass is 16.6. The van der Waals surface area contributed by atoms with Crippen LogP contribution in [-0.4, -0.2) is 39.2 Å². The van der Waals surface area contributed by atoms with Crippen molar-refractivity contribution in [1.82, 2.24) is 14.9 Å². The summed E-state index contributed by atoms with van der Waals surface area (Å²) in [7, 11) is 0. The number of hydrogen-bond donors (Lipinski definition) is 2. The summed E-state index contributed by atoms with van der Waals surface area (Å²) in [6.45, 7) is 5.01. The molecule has 38 heavy (non-hydrogen) atoms. The summed E-state index contributed by atoms with van der Waals surface area (Å²) in [6.07, 6.45) is 1.37. The van der Waals surface area contributed by atoms with Crippen molar-refractivity contribution in [1.29, 1.82) is 0 Å². The van der Waals surface area contributed by atoms with Crippen molar-refractivity contribution in [3.8, 4) is 11.4 Å². The number of ether oxygens (including phenoxy) is 2. The second kappa shape index (κ2) is 9.68. The van der Waals surface area contributed by atoms with Crippen LogP contribution in [0, 0.1) is 0 Å². The summed E-state index contributed by atoms with van der Waals surface area (Å²) >= 11 is 0. The zero-order valence-corrected chi connectivity index (χ0v) is 21.6.